The standard InChI is InChI=1S/C22H31N3O2.HI/c1-5-23-22(25-16-18-11-7-9-13-20(18)27-6-2)24-15-17(3)19-12-8-10-14-21(19)26-4;/h7-14,17H,5-6,15-16H2,1-4H3,(H2,23,24,25);1H. The van der Waals surface area contributed by atoms with E-state index in [1.807, 2.05) is 43.3 Å². The van der Waals surface area contributed by atoms with Crippen LogP contribution in [0.4, 0.5) is 0 Å². The van der Waals surface area contributed by atoms with Crippen LogP contribution in [0.2, 0.25) is 0 Å². The van der Waals surface area contributed by atoms with E-state index < -0.39 is 0 Å². The van der Waals surface area contributed by atoms with E-state index in [0.717, 1.165) is 36.1 Å². The van der Waals surface area contributed by atoms with E-state index >= 15 is 0 Å². The van der Waals surface area contributed by atoms with Gasteiger partial charge in [0.25, 0.3) is 0 Å². The molecule has 0 radical (unpaired) electrons. The predicted octanol–water partition coefficient (Wildman–Crippen LogP) is 4.57. The van der Waals surface area contributed by atoms with Crippen molar-refractivity contribution in [2.75, 3.05) is 26.8 Å². The molecule has 0 heterocycles. The highest BCUT2D eigenvalue weighted by Crippen LogP contribution is 2.25. The molecule has 2 aromatic rings. The Bertz CT molecular complexity index is 737. The molecule has 0 fully saturated rings. The van der Waals surface area contributed by atoms with E-state index in [2.05, 4.69) is 36.6 Å². The van der Waals surface area contributed by atoms with Crippen molar-refractivity contribution in [3.8, 4) is 11.5 Å². The molecule has 0 aliphatic heterocycles. The molecule has 154 valence electrons. The van der Waals surface area contributed by atoms with Gasteiger partial charge in [-0.1, -0.05) is 43.3 Å². The van der Waals surface area contributed by atoms with E-state index in [0.29, 0.717) is 19.1 Å². The molecule has 0 saturated heterocycles. The number of hydrogen-bond donors (Lipinski definition) is 2. The van der Waals surface area contributed by atoms with Crippen molar-refractivity contribution in [3.05, 3.63) is 59.7 Å². The third-order valence-corrected chi connectivity index (χ3v) is 4.27. The van der Waals surface area contributed by atoms with Gasteiger partial charge < -0.3 is 20.1 Å². The first kappa shape index (κ1) is 24.1. The van der Waals surface area contributed by atoms with Crippen LogP contribution in [0.15, 0.2) is 53.5 Å². The fourth-order valence-corrected chi connectivity index (χ4v) is 2.87. The Kier molecular flexibility index (Phi) is 11.4. The van der Waals surface area contributed by atoms with Gasteiger partial charge in [-0.15, -0.1) is 24.0 Å². The SMILES string of the molecule is CCNC(=NCc1ccccc1OCC)NCC(C)c1ccccc1OC.I. The van der Waals surface area contributed by atoms with Gasteiger partial charge in [0, 0.05) is 24.6 Å². The van der Waals surface area contributed by atoms with Crippen LogP contribution in [0.3, 0.4) is 0 Å². The van der Waals surface area contributed by atoms with Crippen LogP contribution in [-0.4, -0.2) is 32.8 Å². The summed E-state index contributed by atoms with van der Waals surface area (Å²) < 4.78 is 11.2. The lowest BCUT2D eigenvalue weighted by Crippen LogP contribution is -2.39. The molecule has 0 saturated carbocycles. The van der Waals surface area contributed by atoms with Gasteiger partial charge in [0.1, 0.15) is 11.5 Å². The van der Waals surface area contributed by atoms with Crippen LogP contribution < -0.4 is 20.1 Å². The fraction of sp³-hybridized carbons (Fsp3) is 0.409. The summed E-state index contributed by atoms with van der Waals surface area (Å²) >= 11 is 0. The second-order valence-corrected chi connectivity index (χ2v) is 6.26. The van der Waals surface area contributed by atoms with Crippen molar-refractivity contribution in [1.82, 2.24) is 10.6 Å². The van der Waals surface area contributed by atoms with Crippen molar-refractivity contribution in [2.45, 2.75) is 33.2 Å². The Morgan fingerprint density at radius 3 is 2.36 bits per heavy atom. The summed E-state index contributed by atoms with van der Waals surface area (Å²) in [6.07, 6.45) is 0. The van der Waals surface area contributed by atoms with Crippen molar-refractivity contribution < 1.29 is 9.47 Å². The van der Waals surface area contributed by atoms with Crippen LogP contribution in [0.25, 0.3) is 0 Å². The Morgan fingerprint density at radius 1 is 1.00 bits per heavy atom. The van der Waals surface area contributed by atoms with Crippen LogP contribution in [0.5, 0.6) is 11.5 Å². The van der Waals surface area contributed by atoms with Gasteiger partial charge in [-0.05, 0) is 31.5 Å². The van der Waals surface area contributed by atoms with Gasteiger partial charge in [-0.25, -0.2) is 4.99 Å². The van der Waals surface area contributed by atoms with Gasteiger partial charge in [-0.3, -0.25) is 0 Å². The molecule has 0 aliphatic rings. The molecule has 28 heavy (non-hydrogen) atoms. The Labute approximate surface area is 186 Å². The fourth-order valence-electron chi connectivity index (χ4n) is 2.87. The van der Waals surface area contributed by atoms with E-state index in [4.69, 9.17) is 14.5 Å². The van der Waals surface area contributed by atoms with E-state index in [9.17, 15) is 0 Å². The van der Waals surface area contributed by atoms with Gasteiger partial charge in [0.2, 0.25) is 0 Å². The molecule has 5 nitrogen and oxygen atoms in total. The van der Waals surface area contributed by atoms with Crippen LogP contribution in [0.1, 0.15) is 37.8 Å². The lowest BCUT2D eigenvalue weighted by atomic mass is 10.0. The van der Waals surface area contributed by atoms with Gasteiger partial charge in [0.15, 0.2) is 5.96 Å². The summed E-state index contributed by atoms with van der Waals surface area (Å²) in [6.45, 7) is 9.02. The highest BCUT2D eigenvalue weighted by molar-refractivity contribution is 14.0. The summed E-state index contributed by atoms with van der Waals surface area (Å²) in [6, 6.07) is 16.2. The van der Waals surface area contributed by atoms with Crippen molar-refractivity contribution in [1.29, 1.82) is 0 Å². The first-order valence-electron chi connectivity index (χ1n) is 9.55. The molecule has 0 aromatic heterocycles. The normalized spacial score (nSPS) is 11.9. The lowest BCUT2D eigenvalue weighted by Gasteiger charge is -2.18. The summed E-state index contributed by atoms with van der Waals surface area (Å²) in [5, 5.41) is 6.74. The number of benzene rings is 2. The van der Waals surface area contributed by atoms with E-state index in [1.165, 1.54) is 5.56 Å². The average molecular weight is 497 g/mol. The largest absolute Gasteiger partial charge is 0.496 e. The number of guanidine groups is 1. The number of para-hydroxylation sites is 2. The molecule has 0 spiro atoms. The van der Waals surface area contributed by atoms with Crippen LogP contribution in [-0.2, 0) is 6.54 Å². The summed E-state index contributed by atoms with van der Waals surface area (Å²) in [5.41, 5.74) is 2.26. The number of hydrogen-bond acceptors (Lipinski definition) is 3. The molecule has 2 N–H and O–H groups in total. The van der Waals surface area contributed by atoms with Crippen molar-refractivity contribution in [2.24, 2.45) is 4.99 Å². The van der Waals surface area contributed by atoms with Gasteiger partial charge in [-0.2, -0.15) is 0 Å². The number of methoxy groups -OCH3 is 1. The second kappa shape index (κ2) is 13.3. The molecular weight excluding hydrogens is 465 g/mol. The molecule has 0 bridgehead atoms. The first-order valence-corrected chi connectivity index (χ1v) is 9.55. The van der Waals surface area contributed by atoms with E-state index in [1.54, 1.807) is 7.11 Å². The number of rotatable bonds is 9. The topological polar surface area (TPSA) is 54.9 Å². The molecule has 1 atom stereocenters. The summed E-state index contributed by atoms with van der Waals surface area (Å²) in [5.74, 6) is 2.90. The second-order valence-electron chi connectivity index (χ2n) is 6.26. The van der Waals surface area contributed by atoms with E-state index in [-0.39, 0.29) is 24.0 Å². The third kappa shape index (κ3) is 7.22. The molecule has 0 amide bonds. The number of nitrogens with zero attached hydrogens (tertiary/aromatic N) is 1. The maximum Gasteiger partial charge on any atom is 0.191 e. The minimum absolute atomic E-state index is 0. The van der Waals surface area contributed by atoms with Gasteiger partial charge >= 0.3 is 0 Å². The first-order chi connectivity index (χ1) is 13.2. The van der Waals surface area contributed by atoms with Crippen LogP contribution in [0, 0.1) is 0 Å². The zero-order chi connectivity index (χ0) is 19.5. The summed E-state index contributed by atoms with van der Waals surface area (Å²) in [7, 11) is 1.71. The maximum atomic E-state index is 5.69. The Hall–Kier alpha value is -1.96. The average Bonchev–Trinajstić information content (AvgIpc) is 2.71. The lowest BCUT2D eigenvalue weighted by molar-refractivity contribution is 0.336. The highest BCUT2D eigenvalue weighted by Gasteiger charge is 2.11. The quantitative estimate of drug-likeness (QED) is 0.303. The molecule has 6 heteroatoms. The molecular formula is C22H32IN3O2. The third-order valence-electron chi connectivity index (χ3n) is 4.27. The van der Waals surface area contributed by atoms with Crippen molar-refractivity contribution in [3.63, 3.8) is 0 Å². The predicted molar refractivity (Wildman–Crippen MR) is 127 cm³/mol. The number of aliphatic imine (C=N–C) groups is 1. The number of nitrogens with one attached hydrogen (secondary N) is 2. The maximum absolute atomic E-state index is 5.69. The number of ether oxygens (including phenoxy) is 2. The Morgan fingerprint density at radius 2 is 1.68 bits per heavy atom. The minimum Gasteiger partial charge on any atom is -0.496 e. The Balaban J connectivity index is 0.00000392. The summed E-state index contributed by atoms with van der Waals surface area (Å²) in [4.78, 5) is 4.72. The zero-order valence-corrected chi connectivity index (χ0v) is 19.5. The van der Waals surface area contributed by atoms with Gasteiger partial charge in [0.05, 0.1) is 20.3 Å². The molecule has 0 aliphatic carbocycles. The number of halogens is 1. The zero-order valence-electron chi connectivity index (χ0n) is 17.2. The molecule has 2 rings (SSSR count). The minimum atomic E-state index is 0. The van der Waals surface area contributed by atoms with Crippen molar-refractivity contribution >= 4 is 29.9 Å². The molecule has 2 aromatic carbocycles. The highest BCUT2D eigenvalue weighted by atomic mass is 127. The van der Waals surface area contributed by atoms with Crippen LogP contribution >= 0.6 is 24.0 Å². The molecule has 1 unspecified atom stereocenters. The monoisotopic (exact) mass is 497 g/mol. The smallest absolute Gasteiger partial charge is 0.191 e.